The maximum Gasteiger partial charge on any atom is 0.150 e. The van der Waals surface area contributed by atoms with E-state index < -0.39 is 9.84 Å². The second kappa shape index (κ2) is 5.02. The minimum Gasteiger partial charge on any atom is -0.378 e. The van der Waals surface area contributed by atoms with Crippen molar-refractivity contribution in [3.63, 3.8) is 0 Å². The van der Waals surface area contributed by atoms with Crippen molar-refractivity contribution in [3.8, 4) is 0 Å². The second-order valence-corrected chi connectivity index (χ2v) is 7.14. The molecular weight excluding hydrogens is 226 g/mol. The highest BCUT2D eigenvalue weighted by molar-refractivity contribution is 7.91. The number of nitrogens with one attached hydrogen (secondary N) is 1. The molecule has 94 valence electrons. The molecule has 0 atom stereocenters. The molecule has 2 fully saturated rings. The Bertz CT molecular complexity index is 308. The van der Waals surface area contributed by atoms with Crippen LogP contribution >= 0.6 is 0 Å². The van der Waals surface area contributed by atoms with Crippen LogP contribution in [0.4, 0.5) is 0 Å². The van der Waals surface area contributed by atoms with Gasteiger partial charge in [-0.15, -0.1) is 0 Å². The molecular formula is C11H21NO3S. The Labute approximate surface area is 97.7 Å². The summed E-state index contributed by atoms with van der Waals surface area (Å²) in [5.41, 5.74) is 0. The average Bonchev–Trinajstić information content (AvgIpc) is 2.17. The van der Waals surface area contributed by atoms with Crippen molar-refractivity contribution < 1.29 is 13.2 Å². The minimum absolute atomic E-state index is 0.353. The summed E-state index contributed by atoms with van der Waals surface area (Å²) in [6, 6.07) is 0.943. The summed E-state index contributed by atoms with van der Waals surface area (Å²) in [7, 11) is -2.72. The predicted octanol–water partition coefficient (Wildman–Crippen LogP) is 0.721. The van der Waals surface area contributed by atoms with Crippen molar-refractivity contribution in [1.29, 1.82) is 0 Å². The lowest BCUT2D eigenvalue weighted by Gasteiger charge is -2.38. The third-order valence-corrected chi connectivity index (χ3v) is 5.24. The Morgan fingerprint density at radius 1 is 1.19 bits per heavy atom. The zero-order valence-electron chi connectivity index (χ0n) is 9.81. The first-order valence-corrected chi connectivity index (χ1v) is 7.99. The van der Waals surface area contributed by atoms with Crippen LogP contribution in [0.5, 0.6) is 0 Å². The van der Waals surface area contributed by atoms with Crippen molar-refractivity contribution >= 4 is 9.84 Å². The first-order chi connectivity index (χ1) is 7.59. The zero-order valence-corrected chi connectivity index (χ0v) is 10.6. The van der Waals surface area contributed by atoms with Gasteiger partial charge < -0.3 is 10.1 Å². The van der Waals surface area contributed by atoms with Gasteiger partial charge in [-0.2, -0.15) is 0 Å². The summed E-state index contributed by atoms with van der Waals surface area (Å²) in [5, 5.41) is 3.54. The molecule has 1 heterocycles. The normalized spacial score (nSPS) is 34.6. The third kappa shape index (κ3) is 3.18. The molecule has 0 spiro atoms. The Morgan fingerprint density at radius 2 is 1.81 bits per heavy atom. The lowest BCUT2D eigenvalue weighted by molar-refractivity contribution is -0.0126. The molecule has 1 N–H and O–H groups in total. The van der Waals surface area contributed by atoms with Crippen molar-refractivity contribution in [2.45, 2.75) is 50.8 Å². The fraction of sp³-hybridized carbons (Fsp3) is 1.00. The van der Waals surface area contributed by atoms with E-state index >= 15 is 0 Å². The van der Waals surface area contributed by atoms with Gasteiger partial charge in [0, 0.05) is 18.7 Å². The van der Waals surface area contributed by atoms with Crippen LogP contribution in [0.25, 0.3) is 0 Å². The van der Waals surface area contributed by atoms with Crippen molar-refractivity contribution in [3.05, 3.63) is 0 Å². The Hall–Kier alpha value is -0.130. The number of ether oxygens (including phenoxy) is 1. The van der Waals surface area contributed by atoms with Gasteiger partial charge in [0.15, 0.2) is 0 Å². The molecule has 4 nitrogen and oxygen atoms in total. The van der Waals surface area contributed by atoms with Gasteiger partial charge in [-0.05, 0) is 32.6 Å². The highest BCUT2D eigenvalue weighted by Gasteiger charge is 2.32. The van der Waals surface area contributed by atoms with E-state index in [1.807, 2.05) is 6.92 Å². The lowest BCUT2D eigenvalue weighted by Crippen LogP contribution is -2.51. The van der Waals surface area contributed by atoms with Crippen LogP contribution in [-0.4, -0.2) is 44.7 Å². The molecule has 5 heteroatoms. The molecule has 16 heavy (non-hydrogen) atoms. The fourth-order valence-corrected chi connectivity index (χ4v) is 3.95. The van der Waals surface area contributed by atoms with Crippen LogP contribution in [0.3, 0.4) is 0 Å². The van der Waals surface area contributed by atoms with Crippen LogP contribution < -0.4 is 5.32 Å². The largest absolute Gasteiger partial charge is 0.378 e. The van der Waals surface area contributed by atoms with Gasteiger partial charge in [0.25, 0.3) is 0 Å². The number of sulfone groups is 1. The summed E-state index contributed by atoms with van der Waals surface area (Å²) >= 11 is 0. The van der Waals surface area contributed by atoms with Crippen molar-refractivity contribution in [2.24, 2.45) is 0 Å². The lowest BCUT2D eigenvalue weighted by atomic mass is 9.88. The summed E-state index contributed by atoms with van der Waals surface area (Å²) in [5.74, 6) is 0.707. The zero-order chi connectivity index (χ0) is 11.6. The topological polar surface area (TPSA) is 55.4 Å². The van der Waals surface area contributed by atoms with Crippen LogP contribution in [0.15, 0.2) is 0 Å². The molecule has 2 aliphatic rings. The van der Waals surface area contributed by atoms with E-state index in [2.05, 4.69) is 5.32 Å². The van der Waals surface area contributed by atoms with Crippen molar-refractivity contribution in [2.75, 3.05) is 18.1 Å². The van der Waals surface area contributed by atoms with Crippen LogP contribution in [0.1, 0.15) is 32.6 Å². The standard InChI is InChI=1S/C11H21NO3S/c1-2-15-11-7-10(8-11)12-9-3-5-16(13,14)6-4-9/h9-12H,2-8H2,1H3. The highest BCUT2D eigenvalue weighted by Crippen LogP contribution is 2.25. The predicted molar refractivity (Wildman–Crippen MR) is 63.2 cm³/mol. The molecule has 1 saturated heterocycles. The van der Waals surface area contributed by atoms with Gasteiger partial charge in [0.2, 0.25) is 0 Å². The SMILES string of the molecule is CCOC1CC(NC2CCS(=O)(=O)CC2)C1. The first-order valence-electron chi connectivity index (χ1n) is 6.17. The summed E-state index contributed by atoms with van der Waals surface area (Å²) in [4.78, 5) is 0. The van der Waals surface area contributed by atoms with E-state index in [4.69, 9.17) is 4.74 Å². The molecule has 1 saturated carbocycles. The van der Waals surface area contributed by atoms with Gasteiger partial charge in [-0.3, -0.25) is 0 Å². The molecule has 0 aromatic heterocycles. The van der Waals surface area contributed by atoms with Crippen molar-refractivity contribution in [1.82, 2.24) is 5.32 Å². The molecule has 0 amide bonds. The quantitative estimate of drug-likeness (QED) is 0.795. The van der Waals surface area contributed by atoms with E-state index in [0.717, 1.165) is 32.3 Å². The molecule has 0 bridgehead atoms. The van der Waals surface area contributed by atoms with E-state index in [1.165, 1.54) is 0 Å². The number of hydrogen-bond donors (Lipinski definition) is 1. The maximum absolute atomic E-state index is 11.3. The maximum atomic E-state index is 11.3. The molecule has 1 aliphatic heterocycles. The highest BCUT2D eigenvalue weighted by atomic mass is 32.2. The van der Waals surface area contributed by atoms with Gasteiger partial charge in [-0.1, -0.05) is 0 Å². The van der Waals surface area contributed by atoms with Crippen LogP contribution in [0, 0.1) is 0 Å². The van der Waals surface area contributed by atoms with Crippen LogP contribution in [-0.2, 0) is 14.6 Å². The third-order valence-electron chi connectivity index (χ3n) is 3.52. The summed E-state index contributed by atoms with van der Waals surface area (Å²) < 4.78 is 28.0. The minimum atomic E-state index is -2.72. The number of hydrogen-bond acceptors (Lipinski definition) is 4. The summed E-state index contributed by atoms with van der Waals surface area (Å²) in [6.45, 7) is 2.81. The first kappa shape index (κ1) is 12.3. The van der Waals surface area contributed by atoms with E-state index in [0.29, 0.717) is 29.7 Å². The Balaban J connectivity index is 1.65. The van der Waals surface area contributed by atoms with Gasteiger partial charge in [-0.25, -0.2) is 8.42 Å². The second-order valence-electron chi connectivity index (χ2n) is 4.84. The Morgan fingerprint density at radius 3 is 2.38 bits per heavy atom. The molecule has 0 aromatic carbocycles. The molecule has 1 aliphatic carbocycles. The van der Waals surface area contributed by atoms with Gasteiger partial charge in [0.05, 0.1) is 17.6 Å². The Kier molecular flexibility index (Phi) is 3.87. The molecule has 0 aromatic rings. The summed E-state index contributed by atoms with van der Waals surface area (Å²) in [6.07, 6.45) is 4.14. The van der Waals surface area contributed by atoms with Crippen LogP contribution in [0.2, 0.25) is 0 Å². The van der Waals surface area contributed by atoms with E-state index in [1.54, 1.807) is 0 Å². The number of rotatable bonds is 4. The molecule has 2 rings (SSSR count). The molecule has 0 radical (unpaired) electrons. The van der Waals surface area contributed by atoms with Gasteiger partial charge in [0.1, 0.15) is 9.84 Å². The monoisotopic (exact) mass is 247 g/mol. The average molecular weight is 247 g/mol. The van der Waals surface area contributed by atoms with E-state index in [-0.39, 0.29) is 0 Å². The van der Waals surface area contributed by atoms with E-state index in [9.17, 15) is 8.42 Å². The smallest absolute Gasteiger partial charge is 0.150 e. The fourth-order valence-electron chi connectivity index (χ4n) is 2.46. The van der Waals surface area contributed by atoms with Gasteiger partial charge >= 0.3 is 0 Å². The molecule has 0 unspecified atom stereocenters.